The van der Waals surface area contributed by atoms with E-state index in [9.17, 15) is 0 Å². The Kier molecular flexibility index (Phi) is 4.16. The second-order valence-corrected chi connectivity index (χ2v) is 3.47. The highest BCUT2D eigenvalue weighted by Crippen LogP contribution is 2.19. The third-order valence-electron chi connectivity index (χ3n) is 2.14. The van der Waals surface area contributed by atoms with Gasteiger partial charge in [0.25, 0.3) is 0 Å². The first-order valence-electron chi connectivity index (χ1n) is 5.14. The molecule has 0 amide bonds. The Morgan fingerprint density at radius 3 is 2.80 bits per heavy atom. The summed E-state index contributed by atoms with van der Waals surface area (Å²) in [5.41, 5.74) is 7.90. The van der Waals surface area contributed by atoms with Gasteiger partial charge in [-0.15, -0.1) is 0 Å². The maximum atomic E-state index is 5.88. The molecule has 0 fully saturated rings. The number of hydrogen-bond donors (Lipinski definition) is 1. The summed E-state index contributed by atoms with van der Waals surface area (Å²) < 4.78 is 5.27. The molecule has 1 aromatic rings. The zero-order chi connectivity index (χ0) is 11.3. The van der Waals surface area contributed by atoms with Crippen LogP contribution in [0.3, 0.4) is 0 Å². The third kappa shape index (κ3) is 2.98. The molecule has 2 N–H and O–H groups in total. The highest BCUT2D eigenvalue weighted by atomic mass is 16.5. The number of aliphatic imine (C=N–C) groups is 1. The van der Waals surface area contributed by atoms with Crippen molar-refractivity contribution in [3.05, 3.63) is 29.3 Å². The molecular formula is C12H18N2O. The van der Waals surface area contributed by atoms with Gasteiger partial charge in [0.15, 0.2) is 0 Å². The van der Waals surface area contributed by atoms with E-state index in [-0.39, 0.29) is 0 Å². The lowest BCUT2D eigenvalue weighted by Gasteiger charge is -2.08. The quantitative estimate of drug-likeness (QED) is 0.606. The molecule has 0 saturated carbocycles. The number of methoxy groups -OCH3 is 1. The summed E-state index contributed by atoms with van der Waals surface area (Å²) in [4.78, 5) is 4.27. The molecule has 0 aliphatic carbocycles. The van der Waals surface area contributed by atoms with Gasteiger partial charge in [0.05, 0.1) is 12.7 Å². The molecule has 1 aromatic carbocycles. The Morgan fingerprint density at radius 2 is 2.20 bits per heavy atom. The maximum absolute atomic E-state index is 5.88. The van der Waals surface area contributed by atoms with Gasteiger partial charge in [-0.2, -0.15) is 0 Å². The Hall–Kier alpha value is -1.51. The van der Waals surface area contributed by atoms with Crippen molar-refractivity contribution in [2.75, 3.05) is 13.7 Å². The molecule has 0 aliphatic heterocycles. The highest BCUT2D eigenvalue weighted by Gasteiger charge is 2.06. The van der Waals surface area contributed by atoms with Crippen molar-refractivity contribution in [1.82, 2.24) is 0 Å². The minimum absolute atomic E-state index is 0.550. The predicted octanol–water partition coefficient (Wildman–Crippen LogP) is 2.12. The number of rotatable bonds is 4. The fraction of sp³-hybridized carbons (Fsp3) is 0.417. The van der Waals surface area contributed by atoms with Crippen molar-refractivity contribution in [3.63, 3.8) is 0 Å². The summed E-state index contributed by atoms with van der Waals surface area (Å²) in [6.07, 6.45) is 0.995. The third-order valence-corrected chi connectivity index (χ3v) is 2.14. The van der Waals surface area contributed by atoms with Crippen LogP contribution in [-0.4, -0.2) is 19.5 Å². The van der Waals surface area contributed by atoms with Gasteiger partial charge in [-0.25, -0.2) is 0 Å². The lowest BCUT2D eigenvalue weighted by molar-refractivity contribution is 0.413. The lowest BCUT2D eigenvalue weighted by Crippen LogP contribution is -2.15. The van der Waals surface area contributed by atoms with Crippen LogP contribution in [0.15, 0.2) is 23.2 Å². The number of hydrogen-bond acceptors (Lipinski definition) is 2. The number of nitrogens with two attached hydrogens (primary N) is 1. The van der Waals surface area contributed by atoms with E-state index in [1.54, 1.807) is 7.11 Å². The lowest BCUT2D eigenvalue weighted by atomic mass is 10.1. The van der Waals surface area contributed by atoms with Crippen molar-refractivity contribution < 1.29 is 4.74 Å². The molecule has 82 valence electrons. The van der Waals surface area contributed by atoms with E-state index in [1.807, 2.05) is 25.1 Å². The molecule has 0 spiro atoms. The van der Waals surface area contributed by atoms with Gasteiger partial charge in [-0.05, 0) is 31.0 Å². The maximum Gasteiger partial charge on any atom is 0.130 e. The second kappa shape index (κ2) is 5.39. The molecular weight excluding hydrogens is 188 g/mol. The zero-order valence-electron chi connectivity index (χ0n) is 9.58. The molecule has 3 heteroatoms. The number of ether oxygens (including phenoxy) is 1. The molecule has 0 radical (unpaired) electrons. The summed E-state index contributed by atoms with van der Waals surface area (Å²) in [5, 5.41) is 0. The average molecular weight is 206 g/mol. The van der Waals surface area contributed by atoms with Crippen molar-refractivity contribution >= 4 is 5.84 Å². The van der Waals surface area contributed by atoms with Crippen LogP contribution in [-0.2, 0) is 0 Å². The van der Waals surface area contributed by atoms with Crippen molar-refractivity contribution in [2.45, 2.75) is 20.3 Å². The van der Waals surface area contributed by atoms with E-state index < -0.39 is 0 Å². The Morgan fingerprint density at radius 1 is 1.47 bits per heavy atom. The molecule has 0 unspecified atom stereocenters. The van der Waals surface area contributed by atoms with Crippen LogP contribution in [0.5, 0.6) is 5.75 Å². The van der Waals surface area contributed by atoms with E-state index in [0.717, 1.165) is 29.8 Å². The van der Waals surface area contributed by atoms with Crippen LogP contribution in [0.1, 0.15) is 24.5 Å². The molecule has 0 bridgehead atoms. The van der Waals surface area contributed by atoms with Crippen LogP contribution in [0.25, 0.3) is 0 Å². The fourth-order valence-corrected chi connectivity index (χ4v) is 1.33. The first kappa shape index (κ1) is 11.6. The van der Waals surface area contributed by atoms with Gasteiger partial charge in [-0.3, -0.25) is 4.99 Å². The monoisotopic (exact) mass is 206 g/mol. The van der Waals surface area contributed by atoms with Gasteiger partial charge >= 0.3 is 0 Å². The summed E-state index contributed by atoms with van der Waals surface area (Å²) in [6, 6.07) is 5.92. The summed E-state index contributed by atoms with van der Waals surface area (Å²) in [7, 11) is 1.64. The summed E-state index contributed by atoms with van der Waals surface area (Å²) >= 11 is 0. The number of aryl methyl sites for hydroxylation is 1. The van der Waals surface area contributed by atoms with E-state index in [2.05, 4.69) is 11.9 Å². The van der Waals surface area contributed by atoms with E-state index >= 15 is 0 Å². The van der Waals surface area contributed by atoms with Gasteiger partial charge in [0.1, 0.15) is 11.6 Å². The molecule has 0 heterocycles. The van der Waals surface area contributed by atoms with Crippen LogP contribution < -0.4 is 10.5 Å². The molecule has 0 saturated heterocycles. The predicted molar refractivity (Wildman–Crippen MR) is 63.6 cm³/mol. The minimum Gasteiger partial charge on any atom is -0.496 e. The normalized spacial score (nSPS) is 11.5. The Balaban J connectivity index is 3.02. The largest absolute Gasteiger partial charge is 0.496 e. The number of amidine groups is 1. The molecule has 1 rings (SSSR count). The van der Waals surface area contributed by atoms with Gasteiger partial charge in [0.2, 0.25) is 0 Å². The smallest absolute Gasteiger partial charge is 0.130 e. The zero-order valence-corrected chi connectivity index (χ0v) is 9.58. The average Bonchev–Trinajstić information content (AvgIpc) is 2.25. The van der Waals surface area contributed by atoms with E-state index in [0.29, 0.717) is 5.84 Å². The standard InChI is InChI=1S/C12H18N2O/c1-4-7-14-12(13)10-6-5-9(2)8-11(10)15-3/h5-6,8H,4,7H2,1-3H3,(H2,13,14). The first-order chi connectivity index (χ1) is 7.19. The molecule has 0 atom stereocenters. The first-order valence-corrected chi connectivity index (χ1v) is 5.14. The molecule has 3 nitrogen and oxygen atoms in total. The van der Waals surface area contributed by atoms with Gasteiger partial charge in [-0.1, -0.05) is 13.0 Å². The van der Waals surface area contributed by atoms with Crippen molar-refractivity contribution in [3.8, 4) is 5.75 Å². The number of nitrogens with zero attached hydrogens (tertiary/aromatic N) is 1. The van der Waals surface area contributed by atoms with Gasteiger partial charge in [0, 0.05) is 6.54 Å². The van der Waals surface area contributed by atoms with Crippen LogP contribution in [0, 0.1) is 6.92 Å². The summed E-state index contributed by atoms with van der Waals surface area (Å²) in [6.45, 7) is 4.84. The second-order valence-electron chi connectivity index (χ2n) is 3.47. The molecule has 0 aromatic heterocycles. The van der Waals surface area contributed by atoms with Crippen LogP contribution in [0.4, 0.5) is 0 Å². The SMILES string of the molecule is CCCN=C(N)c1ccc(C)cc1OC. The highest BCUT2D eigenvalue weighted by molar-refractivity contribution is 6.00. The van der Waals surface area contributed by atoms with E-state index in [4.69, 9.17) is 10.5 Å². The number of benzene rings is 1. The van der Waals surface area contributed by atoms with E-state index in [1.165, 1.54) is 0 Å². The van der Waals surface area contributed by atoms with Crippen molar-refractivity contribution in [1.29, 1.82) is 0 Å². The summed E-state index contributed by atoms with van der Waals surface area (Å²) in [5.74, 6) is 1.33. The van der Waals surface area contributed by atoms with Crippen molar-refractivity contribution in [2.24, 2.45) is 10.7 Å². The topological polar surface area (TPSA) is 47.6 Å². The van der Waals surface area contributed by atoms with Crippen LogP contribution in [0.2, 0.25) is 0 Å². The minimum atomic E-state index is 0.550. The molecule has 15 heavy (non-hydrogen) atoms. The van der Waals surface area contributed by atoms with Gasteiger partial charge < -0.3 is 10.5 Å². The molecule has 0 aliphatic rings. The fourth-order valence-electron chi connectivity index (χ4n) is 1.33. The van der Waals surface area contributed by atoms with Crippen LogP contribution >= 0.6 is 0 Å². The Bertz CT molecular complexity index is 359. The Labute approximate surface area is 91.0 Å².